The highest BCUT2D eigenvalue weighted by molar-refractivity contribution is 6.35. The number of hydrogen-bond acceptors (Lipinski definition) is 5. The molecule has 3 heterocycles. The van der Waals surface area contributed by atoms with Crippen LogP contribution in [-0.2, 0) is 14.4 Å². The molecule has 0 unspecified atom stereocenters. The van der Waals surface area contributed by atoms with Gasteiger partial charge in [-0.2, -0.15) is 0 Å². The van der Waals surface area contributed by atoms with Gasteiger partial charge in [0.25, 0.3) is 5.91 Å². The Morgan fingerprint density at radius 3 is 1.84 bits per heavy atom. The molecule has 1 aromatic rings. The average Bonchev–Trinajstić information content (AvgIpc) is 3.21. The zero-order valence-electron chi connectivity index (χ0n) is 13.8. The van der Waals surface area contributed by atoms with Gasteiger partial charge >= 0.3 is 11.8 Å². The van der Waals surface area contributed by atoms with Crippen molar-refractivity contribution in [3.63, 3.8) is 0 Å². The van der Waals surface area contributed by atoms with Gasteiger partial charge in [0.2, 0.25) is 6.41 Å². The van der Waals surface area contributed by atoms with Crippen molar-refractivity contribution in [3.05, 3.63) is 24.2 Å². The summed E-state index contributed by atoms with van der Waals surface area (Å²) in [4.78, 5) is 53.7. The van der Waals surface area contributed by atoms with Crippen LogP contribution in [0.1, 0.15) is 10.6 Å². The van der Waals surface area contributed by atoms with Crippen LogP contribution in [0.5, 0.6) is 0 Å². The maximum Gasteiger partial charge on any atom is 0.312 e. The molecule has 2 fully saturated rings. The minimum Gasteiger partial charge on any atom is -0.459 e. The molecule has 3 rings (SSSR count). The molecule has 0 saturated carbocycles. The molecule has 134 valence electrons. The van der Waals surface area contributed by atoms with E-state index in [4.69, 9.17) is 4.42 Å². The second kappa shape index (κ2) is 7.37. The van der Waals surface area contributed by atoms with Crippen molar-refractivity contribution in [2.24, 2.45) is 0 Å². The normalized spacial score (nSPS) is 18.2. The first-order valence-electron chi connectivity index (χ1n) is 8.20. The zero-order chi connectivity index (χ0) is 17.8. The average molecular weight is 348 g/mol. The van der Waals surface area contributed by atoms with Crippen molar-refractivity contribution in [1.82, 2.24) is 19.6 Å². The van der Waals surface area contributed by atoms with Crippen LogP contribution in [-0.4, -0.2) is 96.1 Å². The summed E-state index contributed by atoms with van der Waals surface area (Å²) < 4.78 is 5.10. The molecule has 2 saturated heterocycles. The van der Waals surface area contributed by atoms with E-state index < -0.39 is 11.8 Å². The van der Waals surface area contributed by atoms with Gasteiger partial charge in [0.15, 0.2) is 5.76 Å². The third-order valence-electron chi connectivity index (χ3n) is 4.52. The maximum atomic E-state index is 12.4. The van der Waals surface area contributed by atoms with Crippen LogP contribution in [0.15, 0.2) is 22.8 Å². The molecule has 2 aliphatic rings. The Morgan fingerprint density at radius 1 is 0.840 bits per heavy atom. The molecule has 9 heteroatoms. The standard InChI is InChI=1S/C16H20N4O5/c21-12-17-3-5-19(6-4-17)15(23)16(24)20-9-7-18(8-10-20)14(22)13-2-1-11-25-13/h1-2,11-12H,3-10H2. The fourth-order valence-electron chi connectivity index (χ4n) is 2.97. The molecule has 0 N–H and O–H groups in total. The highest BCUT2D eigenvalue weighted by Crippen LogP contribution is 2.10. The van der Waals surface area contributed by atoms with Gasteiger partial charge in [-0.1, -0.05) is 0 Å². The van der Waals surface area contributed by atoms with Crippen molar-refractivity contribution in [1.29, 1.82) is 0 Å². The van der Waals surface area contributed by atoms with E-state index >= 15 is 0 Å². The zero-order valence-corrected chi connectivity index (χ0v) is 13.8. The van der Waals surface area contributed by atoms with Gasteiger partial charge in [-0.25, -0.2) is 0 Å². The van der Waals surface area contributed by atoms with Crippen LogP contribution in [0.25, 0.3) is 0 Å². The molecular formula is C16H20N4O5. The smallest absolute Gasteiger partial charge is 0.312 e. The fourth-order valence-corrected chi connectivity index (χ4v) is 2.97. The summed E-state index contributed by atoms with van der Waals surface area (Å²) in [6, 6.07) is 3.25. The van der Waals surface area contributed by atoms with E-state index in [0.29, 0.717) is 52.4 Å². The summed E-state index contributed by atoms with van der Waals surface area (Å²) >= 11 is 0. The summed E-state index contributed by atoms with van der Waals surface area (Å²) in [6.45, 7) is 2.94. The lowest BCUT2D eigenvalue weighted by atomic mass is 10.2. The van der Waals surface area contributed by atoms with Crippen molar-refractivity contribution in [3.8, 4) is 0 Å². The molecule has 9 nitrogen and oxygen atoms in total. The van der Waals surface area contributed by atoms with Crippen LogP contribution in [0.4, 0.5) is 0 Å². The lowest BCUT2D eigenvalue weighted by Gasteiger charge is -2.36. The van der Waals surface area contributed by atoms with Crippen LogP contribution in [0, 0.1) is 0 Å². The number of nitrogens with zero attached hydrogens (tertiary/aromatic N) is 4. The molecule has 4 amide bonds. The molecule has 0 aliphatic carbocycles. The molecule has 0 spiro atoms. The molecule has 0 atom stereocenters. The Kier molecular flexibility index (Phi) is 5.01. The van der Waals surface area contributed by atoms with Crippen LogP contribution in [0.2, 0.25) is 0 Å². The summed E-state index contributed by atoms with van der Waals surface area (Å²) in [5.74, 6) is -1.04. The van der Waals surface area contributed by atoms with Crippen molar-refractivity contribution in [2.45, 2.75) is 0 Å². The van der Waals surface area contributed by atoms with Gasteiger partial charge in [-0.05, 0) is 12.1 Å². The first kappa shape index (κ1) is 17.0. The predicted molar refractivity (Wildman–Crippen MR) is 85.4 cm³/mol. The van der Waals surface area contributed by atoms with Gasteiger partial charge in [0.05, 0.1) is 6.26 Å². The minimum atomic E-state index is -0.551. The van der Waals surface area contributed by atoms with E-state index in [0.717, 1.165) is 6.41 Å². The summed E-state index contributed by atoms with van der Waals surface area (Å²) in [5, 5.41) is 0. The van der Waals surface area contributed by atoms with Gasteiger partial charge in [0, 0.05) is 52.4 Å². The van der Waals surface area contributed by atoms with Crippen LogP contribution < -0.4 is 0 Å². The number of carbonyl (C=O) groups excluding carboxylic acids is 4. The first-order valence-corrected chi connectivity index (χ1v) is 8.20. The van der Waals surface area contributed by atoms with E-state index in [1.54, 1.807) is 21.9 Å². The van der Waals surface area contributed by atoms with E-state index in [2.05, 4.69) is 0 Å². The lowest BCUT2D eigenvalue weighted by Crippen LogP contribution is -2.56. The van der Waals surface area contributed by atoms with E-state index in [9.17, 15) is 19.2 Å². The number of furan rings is 1. The lowest BCUT2D eigenvalue weighted by molar-refractivity contribution is -0.153. The monoisotopic (exact) mass is 348 g/mol. The summed E-state index contributed by atoms with van der Waals surface area (Å²) in [5.41, 5.74) is 0. The molecule has 1 aromatic heterocycles. The van der Waals surface area contributed by atoms with E-state index in [1.807, 2.05) is 0 Å². The highest BCUT2D eigenvalue weighted by Gasteiger charge is 2.32. The number of piperazine rings is 2. The van der Waals surface area contributed by atoms with Gasteiger partial charge in [0.1, 0.15) is 0 Å². The molecule has 0 bridgehead atoms. The fraction of sp³-hybridized carbons (Fsp3) is 0.500. The minimum absolute atomic E-state index is 0.214. The third kappa shape index (κ3) is 3.65. The molecule has 0 radical (unpaired) electrons. The van der Waals surface area contributed by atoms with Crippen molar-refractivity contribution < 1.29 is 23.6 Å². The van der Waals surface area contributed by atoms with Crippen LogP contribution in [0.3, 0.4) is 0 Å². The number of hydrogen-bond donors (Lipinski definition) is 0. The highest BCUT2D eigenvalue weighted by atomic mass is 16.3. The third-order valence-corrected chi connectivity index (χ3v) is 4.52. The second-order valence-corrected chi connectivity index (χ2v) is 6.00. The molecule has 2 aliphatic heterocycles. The van der Waals surface area contributed by atoms with Gasteiger partial charge < -0.3 is 24.0 Å². The van der Waals surface area contributed by atoms with E-state index in [1.165, 1.54) is 16.1 Å². The second-order valence-electron chi connectivity index (χ2n) is 6.00. The topological polar surface area (TPSA) is 94.4 Å². The Balaban J connectivity index is 1.50. The van der Waals surface area contributed by atoms with Crippen LogP contribution >= 0.6 is 0 Å². The first-order chi connectivity index (χ1) is 12.1. The molecule has 25 heavy (non-hydrogen) atoms. The van der Waals surface area contributed by atoms with Gasteiger partial charge in [-0.15, -0.1) is 0 Å². The van der Waals surface area contributed by atoms with Crippen molar-refractivity contribution in [2.75, 3.05) is 52.4 Å². The Morgan fingerprint density at radius 2 is 1.36 bits per heavy atom. The summed E-state index contributed by atoms with van der Waals surface area (Å²) in [7, 11) is 0. The predicted octanol–water partition coefficient (Wildman–Crippen LogP) is -1.14. The number of rotatable bonds is 2. The Hall–Kier alpha value is -2.84. The largest absolute Gasteiger partial charge is 0.459 e. The van der Waals surface area contributed by atoms with Gasteiger partial charge in [-0.3, -0.25) is 19.2 Å². The van der Waals surface area contributed by atoms with Crippen molar-refractivity contribution >= 4 is 24.1 Å². The Bertz CT molecular complexity index is 643. The Labute approximate surface area is 144 Å². The summed E-state index contributed by atoms with van der Waals surface area (Å²) in [6.07, 6.45) is 2.19. The maximum absolute atomic E-state index is 12.4. The number of amides is 4. The quantitative estimate of drug-likeness (QED) is 0.498. The molecule has 0 aromatic carbocycles. The SMILES string of the molecule is O=CN1CCN(C(=O)C(=O)N2CCN(C(=O)c3ccco3)CC2)CC1. The molecular weight excluding hydrogens is 328 g/mol. The van der Waals surface area contributed by atoms with E-state index in [-0.39, 0.29) is 11.7 Å². The number of carbonyl (C=O) groups is 4.